The molecule has 0 spiro atoms. The lowest BCUT2D eigenvalue weighted by molar-refractivity contribution is -0.484. The minimum Gasteiger partial charge on any atom is -0.745 e. The topological polar surface area (TPSA) is 57.2 Å². The molecule has 0 radical (unpaired) electrons. The molecule has 24 heavy (non-hydrogen) atoms. The second kappa shape index (κ2) is 4.39. The van der Waals surface area contributed by atoms with Crippen molar-refractivity contribution in [2.45, 2.75) is 40.5 Å². The fourth-order valence-corrected chi connectivity index (χ4v) is 2.80. The van der Waals surface area contributed by atoms with Gasteiger partial charge in [-0.05, 0) is 0 Å². The van der Waals surface area contributed by atoms with Crippen molar-refractivity contribution in [2.75, 3.05) is 0 Å². The number of hydrogen-bond donors (Lipinski definition) is 0. The van der Waals surface area contributed by atoms with Crippen molar-refractivity contribution in [3.63, 3.8) is 0 Å². The summed E-state index contributed by atoms with van der Waals surface area (Å²) in [7, 11) is -8.26. The van der Waals surface area contributed by atoms with Crippen molar-refractivity contribution < 1.29 is 70.0 Å². The lowest BCUT2D eigenvalue weighted by Gasteiger charge is -2.55. The lowest BCUT2D eigenvalue weighted by atomic mass is 9.72. The predicted molar refractivity (Wildman–Crippen MR) is 43.2 cm³/mol. The van der Waals surface area contributed by atoms with Crippen LogP contribution in [0.25, 0.3) is 0 Å². The van der Waals surface area contributed by atoms with Crippen LogP contribution in [-0.2, 0) is 10.1 Å². The molecule has 0 saturated heterocycles. The van der Waals surface area contributed by atoms with Crippen molar-refractivity contribution in [1.82, 2.24) is 0 Å². The van der Waals surface area contributed by atoms with E-state index in [2.05, 4.69) is 0 Å². The summed E-state index contributed by atoms with van der Waals surface area (Å²) >= 11 is 0. The Morgan fingerprint density at radius 2 is 0.958 bits per heavy atom. The maximum absolute atomic E-state index is 13.5. The highest BCUT2D eigenvalue weighted by molar-refractivity contribution is 7.87. The quantitative estimate of drug-likeness (QED) is 0.493. The van der Waals surface area contributed by atoms with E-state index in [1.54, 1.807) is 0 Å². The third-order valence-corrected chi connectivity index (χ3v) is 4.40. The summed E-state index contributed by atoms with van der Waals surface area (Å²) in [5.41, 5.74) is -8.16. The number of alkyl halides is 13. The van der Waals surface area contributed by atoms with Crippen molar-refractivity contribution in [3.8, 4) is 0 Å². The van der Waals surface area contributed by atoms with Gasteiger partial charge in [0.2, 0.25) is 0 Å². The smallest absolute Gasteiger partial charge is 0.435 e. The Labute approximate surface area is 122 Å². The van der Waals surface area contributed by atoms with Crippen molar-refractivity contribution >= 4 is 10.1 Å². The van der Waals surface area contributed by atoms with E-state index in [1.165, 1.54) is 0 Å². The van der Waals surface area contributed by atoms with Crippen LogP contribution in [0.5, 0.6) is 0 Å². The Hall–Kier alpha value is -1.00. The molecule has 0 N–H and O–H groups in total. The fourth-order valence-electron chi connectivity index (χ4n) is 1.90. The van der Waals surface area contributed by atoms with E-state index in [1.807, 2.05) is 0 Å². The van der Waals surface area contributed by atoms with Crippen LogP contribution in [-0.4, -0.2) is 53.5 Å². The van der Waals surface area contributed by atoms with E-state index in [0.717, 1.165) is 0 Å². The van der Waals surface area contributed by atoms with Gasteiger partial charge in [0.25, 0.3) is 0 Å². The Balaban J connectivity index is 4.22. The van der Waals surface area contributed by atoms with Crippen LogP contribution >= 0.6 is 0 Å². The first-order valence-corrected chi connectivity index (χ1v) is 6.32. The Bertz CT molecular complexity index is 651. The van der Waals surface area contributed by atoms with Gasteiger partial charge >= 0.3 is 40.5 Å². The summed E-state index contributed by atoms with van der Waals surface area (Å²) in [6.07, 6.45) is -7.90. The van der Waals surface area contributed by atoms with Gasteiger partial charge in [0.15, 0.2) is 0 Å². The second-order valence-electron chi connectivity index (χ2n) is 4.50. The third kappa shape index (κ3) is 1.67. The molecule has 1 saturated carbocycles. The predicted octanol–water partition coefficient (Wildman–Crippen LogP) is 3.02. The minimum absolute atomic E-state index is 7.89. The molecule has 0 aromatic rings. The molecule has 1 aliphatic rings. The van der Waals surface area contributed by atoms with Gasteiger partial charge in [0, 0.05) is 0 Å². The molecule has 1 aliphatic carbocycles. The Morgan fingerprint density at radius 3 is 1.21 bits per heavy atom. The molecule has 3 nitrogen and oxygen atoms in total. The Morgan fingerprint density at radius 1 is 0.625 bits per heavy atom. The van der Waals surface area contributed by atoms with E-state index in [-0.39, 0.29) is 0 Å². The molecule has 1 fully saturated rings. The molecule has 0 bridgehead atoms. The van der Waals surface area contributed by atoms with Crippen molar-refractivity contribution in [2.24, 2.45) is 0 Å². The molecule has 0 aromatic carbocycles. The van der Waals surface area contributed by atoms with Crippen LogP contribution in [0, 0.1) is 0 Å². The maximum atomic E-state index is 13.5. The first-order chi connectivity index (χ1) is 10.0. The summed E-state index contributed by atoms with van der Waals surface area (Å²) in [6, 6.07) is 0. The fraction of sp³-hybridized carbons (Fsp3) is 1.00. The van der Waals surface area contributed by atoms with E-state index in [0.29, 0.717) is 0 Å². The minimum atomic E-state index is -8.26. The highest BCUT2D eigenvalue weighted by Crippen LogP contribution is 2.72. The summed E-state index contributed by atoms with van der Waals surface area (Å²) < 4.78 is 199. The van der Waals surface area contributed by atoms with Crippen LogP contribution in [0.2, 0.25) is 0 Å². The van der Waals surface area contributed by atoms with Crippen LogP contribution < -0.4 is 0 Å². The van der Waals surface area contributed by atoms with E-state index < -0.39 is 50.7 Å². The summed E-state index contributed by atoms with van der Waals surface area (Å²) in [4.78, 5) is 0. The molecule has 0 aromatic heterocycles. The zero-order chi connectivity index (χ0) is 20.0. The van der Waals surface area contributed by atoms with Gasteiger partial charge in [-0.15, -0.1) is 0 Å². The molecule has 144 valence electrons. The first-order valence-electron chi connectivity index (χ1n) is 4.91. The van der Waals surface area contributed by atoms with Gasteiger partial charge in [-0.3, -0.25) is 0 Å². The largest absolute Gasteiger partial charge is 0.745 e. The van der Waals surface area contributed by atoms with Gasteiger partial charge < -0.3 is 4.55 Å². The third-order valence-electron chi connectivity index (χ3n) is 3.20. The Kier molecular flexibility index (Phi) is 3.85. The monoisotopic (exact) mass is 411 g/mol. The zero-order valence-electron chi connectivity index (χ0n) is 10.0. The lowest BCUT2D eigenvalue weighted by Crippen LogP contribution is -2.89. The molecule has 2 unspecified atom stereocenters. The SMILES string of the molecule is O=S(=O)([O-])C1(F)C(F)(F)C(F)(F)C(F)(F)C(F)(C(F)(F)F)C1(F)F. The molecular formula is C7F13O3S-. The van der Waals surface area contributed by atoms with E-state index in [4.69, 9.17) is 0 Å². The number of hydrogen-bond acceptors (Lipinski definition) is 3. The molecule has 2 atom stereocenters. The van der Waals surface area contributed by atoms with E-state index in [9.17, 15) is 70.0 Å². The average Bonchev–Trinajstić information content (AvgIpc) is 2.31. The first kappa shape index (κ1) is 21.0. The standard InChI is InChI=1S/C7HF13O3S/c8-1(7(18,19)20)2(9,10)4(13,14)5(15,16)6(17,3(1,11)12)24(21,22)23/h(H,21,22,23)/p-1. The normalized spacial score (nSPS) is 37.9. The maximum Gasteiger partial charge on any atom is 0.435 e. The van der Waals surface area contributed by atoms with Gasteiger partial charge in [-0.25, -0.2) is 17.2 Å². The summed E-state index contributed by atoms with van der Waals surface area (Å²) in [5, 5.41) is -7.89. The number of halogens is 13. The zero-order valence-corrected chi connectivity index (χ0v) is 10.9. The molecule has 0 heterocycles. The highest BCUT2D eigenvalue weighted by atomic mass is 32.2. The number of rotatable bonds is 1. The molecule has 0 aliphatic heterocycles. The van der Waals surface area contributed by atoms with Crippen LogP contribution in [0.3, 0.4) is 0 Å². The average molecular weight is 411 g/mol. The van der Waals surface area contributed by atoms with Crippen LogP contribution in [0.1, 0.15) is 0 Å². The second-order valence-corrected chi connectivity index (χ2v) is 5.97. The molecular weight excluding hydrogens is 411 g/mol. The van der Waals surface area contributed by atoms with Gasteiger partial charge in [0.05, 0.1) is 0 Å². The van der Waals surface area contributed by atoms with Gasteiger partial charge in [0.1, 0.15) is 10.1 Å². The van der Waals surface area contributed by atoms with Gasteiger partial charge in [-0.1, -0.05) is 0 Å². The molecule has 0 amide bonds. The summed E-state index contributed by atoms with van der Waals surface area (Å²) in [5.74, 6) is -32.1. The van der Waals surface area contributed by atoms with Crippen molar-refractivity contribution in [3.05, 3.63) is 0 Å². The van der Waals surface area contributed by atoms with Crippen LogP contribution in [0.4, 0.5) is 57.1 Å². The molecule has 17 heteroatoms. The summed E-state index contributed by atoms with van der Waals surface area (Å²) in [6.45, 7) is 0. The van der Waals surface area contributed by atoms with Crippen molar-refractivity contribution in [1.29, 1.82) is 0 Å². The van der Waals surface area contributed by atoms with Crippen LogP contribution in [0.15, 0.2) is 0 Å². The molecule has 1 rings (SSSR count). The van der Waals surface area contributed by atoms with Gasteiger partial charge in [-0.2, -0.15) is 48.3 Å². The highest BCUT2D eigenvalue weighted by Gasteiger charge is 3.06. The van der Waals surface area contributed by atoms with E-state index >= 15 is 0 Å².